The molecule has 2 rings (SSSR count). The maximum atomic E-state index is 13.7. The highest BCUT2D eigenvalue weighted by atomic mass is 19.1. The molecule has 0 unspecified atom stereocenters. The van der Waals surface area contributed by atoms with Gasteiger partial charge in [0, 0.05) is 19.2 Å². The number of amidine groups is 1. The van der Waals surface area contributed by atoms with Gasteiger partial charge in [-0.2, -0.15) is 0 Å². The van der Waals surface area contributed by atoms with Crippen LogP contribution in [0.1, 0.15) is 11.1 Å². The van der Waals surface area contributed by atoms with Crippen LogP contribution in [0.5, 0.6) is 0 Å². The topological polar surface area (TPSA) is 53.1 Å². The van der Waals surface area contributed by atoms with Crippen LogP contribution >= 0.6 is 0 Å². The summed E-state index contributed by atoms with van der Waals surface area (Å²) in [7, 11) is 1.73. The number of nitrogens with two attached hydrogens (primary N) is 1. The van der Waals surface area contributed by atoms with Gasteiger partial charge < -0.3 is 10.6 Å². The van der Waals surface area contributed by atoms with Gasteiger partial charge in [-0.1, -0.05) is 18.2 Å². The molecule has 0 saturated heterocycles. The van der Waals surface area contributed by atoms with Gasteiger partial charge in [0.1, 0.15) is 17.5 Å². The van der Waals surface area contributed by atoms with Crippen molar-refractivity contribution in [2.75, 3.05) is 11.9 Å². The van der Waals surface area contributed by atoms with Crippen molar-refractivity contribution >= 4 is 11.5 Å². The first-order valence-corrected chi connectivity index (χ1v) is 6.07. The summed E-state index contributed by atoms with van der Waals surface area (Å²) in [5.74, 6) is -0.990. The molecule has 104 valence electrons. The minimum Gasteiger partial charge on any atom is -0.384 e. The van der Waals surface area contributed by atoms with Crippen LogP contribution in [-0.4, -0.2) is 12.9 Å². The van der Waals surface area contributed by atoms with E-state index in [1.54, 1.807) is 36.2 Å². The lowest BCUT2D eigenvalue weighted by Crippen LogP contribution is -2.21. The van der Waals surface area contributed by atoms with Crippen LogP contribution in [0.4, 0.5) is 14.5 Å². The summed E-state index contributed by atoms with van der Waals surface area (Å²) in [5.41, 5.74) is 6.89. The summed E-state index contributed by atoms with van der Waals surface area (Å²) in [6.07, 6.45) is 0. The van der Waals surface area contributed by atoms with Gasteiger partial charge in [-0.05, 0) is 29.8 Å². The van der Waals surface area contributed by atoms with Crippen LogP contribution in [0.3, 0.4) is 0 Å². The molecule has 0 aliphatic heterocycles. The Morgan fingerprint density at radius 1 is 1.20 bits per heavy atom. The second kappa shape index (κ2) is 5.69. The van der Waals surface area contributed by atoms with Gasteiger partial charge in [0.05, 0.1) is 5.69 Å². The van der Waals surface area contributed by atoms with Gasteiger partial charge in [0.25, 0.3) is 0 Å². The van der Waals surface area contributed by atoms with E-state index >= 15 is 0 Å². The number of rotatable bonds is 4. The Labute approximate surface area is 116 Å². The van der Waals surface area contributed by atoms with E-state index in [-0.39, 0.29) is 11.7 Å². The summed E-state index contributed by atoms with van der Waals surface area (Å²) >= 11 is 0. The molecule has 5 heteroatoms. The van der Waals surface area contributed by atoms with Gasteiger partial charge in [0.15, 0.2) is 0 Å². The number of nitrogen functional groups attached to an aromatic ring is 1. The summed E-state index contributed by atoms with van der Waals surface area (Å²) < 4.78 is 26.9. The molecule has 3 N–H and O–H groups in total. The molecule has 0 bridgehead atoms. The Morgan fingerprint density at radius 3 is 2.55 bits per heavy atom. The Morgan fingerprint density at radius 2 is 1.90 bits per heavy atom. The number of anilines is 1. The molecule has 0 atom stereocenters. The molecule has 0 aliphatic carbocycles. The van der Waals surface area contributed by atoms with Crippen LogP contribution in [0.2, 0.25) is 0 Å². The molecule has 0 amide bonds. The highest BCUT2D eigenvalue weighted by Gasteiger charge is 2.12. The third kappa shape index (κ3) is 2.93. The van der Waals surface area contributed by atoms with E-state index in [2.05, 4.69) is 0 Å². The number of benzene rings is 2. The molecule has 0 saturated carbocycles. The van der Waals surface area contributed by atoms with Crippen LogP contribution in [0, 0.1) is 17.0 Å². The zero-order valence-corrected chi connectivity index (χ0v) is 11.0. The first-order chi connectivity index (χ1) is 9.49. The van der Waals surface area contributed by atoms with Gasteiger partial charge in [0.2, 0.25) is 0 Å². The molecule has 3 nitrogen and oxygen atoms in total. The molecule has 0 aromatic heterocycles. The zero-order chi connectivity index (χ0) is 14.7. The number of para-hydroxylation sites is 1. The molecule has 0 radical (unpaired) electrons. The predicted octanol–water partition coefficient (Wildman–Crippen LogP) is 2.89. The van der Waals surface area contributed by atoms with Gasteiger partial charge in [-0.3, -0.25) is 5.41 Å². The molecule has 2 aromatic rings. The van der Waals surface area contributed by atoms with E-state index in [9.17, 15) is 8.78 Å². The second-order valence-corrected chi connectivity index (χ2v) is 4.52. The SMILES string of the molecule is CN(Cc1ccc(F)cc1C(=N)N)c1ccccc1F. The van der Waals surface area contributed by atoms with Crippen LogP contribution in [0.15, 0.2) is 42.5 Å². The maximum absolute atomic E-state index is 13.7. The van der Waals surface area contributed by atoms with Crippen molar-refractivity contribution in [2.45, 2.75) is 6.54 Å². The second-order valence-electron chi connectivity index (χ2n) is 4.52. The largest absolute Gasteiger partial charge is 0.384 e. The van der Waals surface area contributed by atoms with Crippen molar-refractivity contribution in [1.29, 1.82) is 5.41 Å². The lowest BCUT2D eigenvalue weighted by molar-refractivity contribution is 0.620. The van der Waals surface area contributed by atoms with Crippen molar-refractivity contribution in [3.63, 3.8) is 0 Å². The van der Waals surface area contributed by atoms with Crippen molar-refractivity contribution in [3.8, 4) is 0 Å². The third-order valence-corrected chi connectivity index (χ3v) is 3.03. The van der Waals surface area contributed by atoms with E-state index in [0.29, 0.717) is 23.4 Å². The predicted molar refractivity (Wildman–Crippen MR) is 75.9 cm³/mol. The molecule has 0 fully saturated rings. The minimum absolute atomic E-state index is 0.207. The molecule has 20 heavy (non-hydrogen) atoms. The number of hydrogen-bond acceptors (Lipinski definition) is 2. The average Bonchev–Trinajstić information content (AvgIpc) is 2.41. The van der Waals surface area contributed by atoms with E-state index in [1.807, 2.05) is 0 Å². The number of halogens is 2. The fraction of sp³-hybridized carbons (Fsp3) is 0.133. The normalized spacial score (nSPS) is 10.3. The van der Waals surface area contributed by atoms with E-state index in [1.165, 1.54) is 18.2 Å². The monoisotopic (exact) mass is 275 g/mol. The molecular formula is C15H15F2N3. The van der Waals surface area contributed by atoms with Crippen molar-refractivity contribution < 1.29 is 8.78 Å². The summed E-state index contributed by atoms with van der Waals surface area (Å²) in [6, 6.07) is 10.5. The van der Waals surface area contributed by atoms with Crippen LogP contribution in [-0.2, 0) is 6.54 Å². The number of hydrogen-bond donors (Lipinski definition) is 2. The third-order valence-electron chi connectivity index (χ3n) is 3.03. The Bertz CT molecular complexity index is 641. The standard InChI is InChI=1S/C15H15F2N3/c1-20(14-5-3-2-4-13(14)17)9-10-6-7-11(16)8-12(10)15(18)19/h2-8H,9H2,1H3,(H3,18,19). The maximum Gasteiger partial charge on any atom is 0.146 e. The van der Waals surface area contributed by atoms with Gasteiger partial charge in [-0.25, -0.2) is 8.78 Å². The zero-order valence-electron chi connectivity index (χ0n) is 11.0. The minimum atomic E-state index is -0.451. The van der Waals surface area contributed by atoms with Crippen molar-refractivity contribution in [3.05, 3.63) is 65.2 Å². The number of nitrogens with one attached hydrogen (secondary N) is 1. The highest BCUT2D eigenvalue weighted by Crippen LogP contribution is 2.21. The first-order valence-electron chi connectivity index (χ1n) is 6.07. The number of nitrogens with zero attached hydrogens (tertiary/aromatic N) is 1. The van der Waals surface area contributed by atoms with Crippen LogP contribution < -0.4 is 10.6 Å². The van der Waals surface area contributed by atoms with E-state index < -0.39 is 5.82 Å². The van der Waals surface area contributed by atoms with Gasteiger partial charge in [-0.15, -0.1) is 0 Å². The molecule has 0 heterocycles. The lowest BCUT2D eigenvalue weighted by Gasteiger charge is -2.21. The lowest BCUT2D eigenvalue weighted by atomic mass is 10.1. The molecule has 2 aromatic carbocycles. The van der Waals surface area contributed by atoms with Crippen molar-refractivity contribution in [2.24, 2.45) is 5.73 Å². The fourth-order valence-electron chi connectivity index (χ4n) is 2.04. The molecule has 0 aliphatic rings. The fourth-order valence-corrected chi connectivity index (χ4v) is 2.04. The van der Waals surface area contributed by atoms with E-state index in [0.717, 1.165) is 0 Å². The highest BCUT2D eigenvalue weighted by molar-refractivity contribution is 5.96. The Kier molecular flexibility index (Phi) is 3.98. The smallest absolute Gasteiger partial charge is 0.146 e. The summed E-state index contributed by atoms with van der Waals surface area (Å²) in [6.45, 7) is 0.329. The summed E-state index contributed by atoms with van der Waals surface area (Å²) in [4.78, 5) is 1.69. The Hall–Kier alpha value is -2.43. The molecule has 0 spiro atoms. The van der Waals surface area contributed by atoms with Crippen LogP contribution in [0.25, 0.3) is 0 Å². The molecular weight excluding hydrogens is 260 g/mol. The van der Waals surface area contributed by atoms with E-state index in [4.69, 9.17) is 11.1 Å². The van der Waals surface area contributed by atoms with Crippen molar-refractivity contribution in [1.82, 2.24) is 0 Å². The quantitative estimate of drug-likeness (QED) is 0.666. The first kappa shape index (κ1) is 14.0. The summed E-state index contributed by atoms with van der Waals surface area (Å²) in [5, 5.41) is 7.48. The van der Waals surface area contributed by atoms with Gasteiger partial charge >= 0.3 is 0 Å². The average molecular weight is 275 g/mol. The Balaban J connectivity index is 2.31.